The van der Waals surface area contributed by atoms with Gasteiger partial charge in [-0.1, -0.05) is 0 Å². The Morgan fingerprint density at radius 1 is 1.55 bits per heavy atom. The van der Waals surface area contributed by atoms with Crippen molar-refractivity contribution in [2.24, 2.45) is 7.05 Å². The molecule has 0 spiro atoms. The summed E-state index contributed by atoms with van der Waals surface area (Å²) in [6, 6.07) is 0. The van der Waals surface area contributed by atoms with E-state index in [1.807, 2.05) is 31.2 Å². The third-order valence-electron chi connectivity index (χ3n) is 2.08. The average molecular weight is 153 g/mol. The molecule has 0 aliphatic heterocycles. The van der Waals surface area contributed by atoms with Gasteiger partial charge in [-0.05, 0) is 20.9 Å². The predicted molar refractivity (Wildman–Crippen MR) is 45.3 cm³/mol. The van der Waals surface area contributed by atoms with E-state index in [0.29, 0.717) is 0 Å². The van der Waals surface area contributed by atoms with Crippen LogP contribution in [0.3, 0.4) is 0 Å². The van der Waals surface area contributed by atoms with Crippen LogP contribution in [0.2, 0.25) is 0 Å². The summed E-state index contributed by atoms with van der Waals surface area (Å²) in [5, 5.41) is 3.22. The van der Waals surface area contributed by atoms with Gasteiger partial charge < -0.3 is 9.88 Å². The van der Waals surface area contributed by atoms with Crippen LogP contribution in [0, 0.1) is 0 Å². The number of aromatic nitrogens is 2. The zero-order valence-electron chi connectivity index (χ0n) is 7.55. The number of nitrogens with zero attached hydrogens (tertiary/aromatic N) is 2. The fourth-order valence-electron chi connectivity index (χ4n) is 1.09. The first-order chi connectivity index (χ1) is 5.08. The number of hydrogen-bond donors (Lipinski definition) is 1. The maximum absolute atomic E-state index is 4.06. The van der Waals surface area contributed by atoms with Crippen LogP contribution in [0.15, 0.2) is 12.5 Å². The summed E-state index contributed by atoms with van der Waals surface area (Å²) in [5.41, 5.74) is 1.20. The lowest BCUT2D eigenvalue weighted by molar-refractivity contribution is 0.418. The number of nitrogens with one attached hydrogen (secondary N) is 1. The van der Waals surface area contributed by atoms with Gasteiger partial charge in [0.1, 0.15) is 0 Å². The average Bonchev–Trinajstić information content (AvgIpc) is 2.36. The van der Waals surface area contributed by atoms with Crippen molar-refractivity contribution >= 4 is 0 Å². The molecule has 0 radical (unpaired) electrons. The molecule has 0 aliphatic rings. The number of imidazole rings is 1. The van der Waals surface area contributed by atoms with Gasteiger partial charge in [0.25, 0.3) is 0 Å². The second-order valence-corrected chi connectivity index (χ2v) is 3.26. The van der Waals surface area contributed by atoms with Crippen molar-refractivity contribution in [1.82, 2.24) is 14.9 Å². The molecule has 3 nitrogen and oxygen atoms in total. The van der Waals surface area contributed by atoms with Crippen molar-refractivity contribution in [3.8, 4) is 0 Å². The molecule has 0 bridgehead atoms. The fraction of sp³-hybridized carbons (Fsp3) is 0.625. The van der Waals surface area contributed by atoms with Crippen LogP contribution in [0.1, 0.15) is 19.5 Å². The van der Waals surface area contributed by atoms with E-state index < -0.39 is 0 Å². The van der Waals surface area contributed by atoms with Gasteiger partial charge in [-0.3, -0.25) is 0 Å². The smallest absolute Gasteiger partial charge is 0.0946 e. The predicted octanol–water partition coefficient (Wildman–Crippen LogP) is 0.875. The fourth-order valence-corrected chi connectivity index (χ4v) is 1.09. The van der Waals surface area contributed by atoms with Crippen LogP contribution in [0.25, 0.3) is 0 Å². The van der Waals surface area contributed by atoms with Crippen molar-refractivity contribution in [2.45, 2.75) is 19.4 Å². The van der Waals surface area contributed by atoms with E-state index in [4.69, 9.17) is 0 Å². The highest BCUT2D eigenvalue weighted by Crippen LogP contribution is 2.17. The molecule has 0 amide bonds. The summed E-state index contributed by atoms with van der Waals surface area (Å²) >= 11 is 0. The Bertz CT molecular complexity index is 237. The van der Waals surface area contributed by atoms with Crippen molar-refractivity contribution in [3.63, 3.8) is 0 Å². The third kappa shape index (κ3) is 1.43. The van der Waals surface area contributed by atoms with Crippen LogP contribution in [0.5, 0.6) is 0 Å². The summed E-state index contributed by atoms with van der Waals surface area (Å²) < 4.78 is 2.02. The second-order valence-electron chi connectivity index (χ2n) is 3.26. The van der Waals surface area contributed by atoms with Gasteiger partial charge in [0.15, 0.2) is 0 Å². The SMILES string of the molecule is CNC(C)(C)c1cncn1C. The van der Waals surface area contributed by atoms with Gasteiger partial charge in [0.05, 0.1) is 17.6 Å². The highest BCUT2D eigenvalue weighted by Gasteiger charge is 2.20. The van der Waals surface area contributed by atoms with E-state index in [1.54, 1.807) is 0 Å². The largest absolute Gasteiger partial charge is 0.336 e. The van der Waals surface area contributed by atoms with Gasteiger partial charge in [0, 0.05) is 13.2 Å². The van der Waals surface area contributed by atoms with E-state index in [9.17, 15) is 0 Å². The van der Waals surface area contributed by atoms with Gasteiger partial charge in [-0.15, -0.1) is 0 Å². The first kappa shape index (κ1) is 8.27. The Morgan fingerprint density at radius 2 is 2.18 bits per heavy atom. The molecule has 3 heteroatoms. The highest BCUT2D eigenvalue weighted by molar-refractivity contribution is 5.09. The first-order valence-corrected chi connectivity index (χ1v) is 3.73. The number of aryl methyl sites for hydroxylation is 1. The first-order valence-electron chi connectivity index (χ1n) is 3.73. The van der Waals surface area contributed by atoms with Crippen LogP contribution in [-0.4, -0.2) is 16.6 Å². The van der Waals surface area contributed by atoms with Gasteiger partial charge in [0.2, 0.25) is 0 Å². The maximum Gasteiger partial charge on any atom is 0.0946 e. The molecule has 1 rings (SSSR count). The molecular weight excluding hydrogens is 138 g/mol. The van der Waals surface area contributed by atoms with Crippen LogP contribution in [-0.2, 0) is 12.6 Å². The molecule has 0 atom stereocenters. The Balaban J connectivity index is 3.00. The Kier molecular flexibility index (Phi) is 2.00. The lowest BCUT2D eigenvalue weighted by Gasteiger charge is -2.23. The van der Waals surface area contributed by atoms with Crippen LogP contribution in [0.4, 0.5) is 0 Å². The molecule has 1 heterocycles. The maximum atomic E-state index is 4.06. The molecule has 0 fully saturated rings. The Hall–Kier alpha value is -0.830. The van der Waals surface area contributed by atoms with Crippen LogP contribution < -0.4 is 5.32 Å². The molecule has 11 heavy (non-hydrogen) atoms. The second kappa shape index (κ2) is 2.66. The summed E-state index contributed by atoms with van der Waals surface area (Å²) in [6.07, 6.45) is 3.70. The summed E-state index contributed by atoms with van der Waals surface area (Å²) in [7, 11) is 3.95. The molecule has 1 aromatic rings. The van der Waals surface area contributed by atoms with E-state index >= 15 is 0 Å². The zero-order chi connectivity index (χ0) is 8.48. The summed E-state index contributed by atoms with van der Waals surface area (Å²) in [5.74, 6) is 0. The topological polar surface area (TPSA) is 29.9 Å². The van der Waals surface area contributed by atoms with E-state index in [-0.39, 0.29) is 5.54 Å². The van der Waals surface area contributed by atoms with Crippen molar-refractivity contribution in [3.05, 3.63) is 18.2 Å². The van der Waals surface area contributed by atoms with Gasteiger partial charge >= 0.3 is 0 Å². The molecule has 62 valence electrons. The van der Waals surface area contributed by atoms with Crippen molar-refractivity contribution in [2.75, 3.05) is 7.05 Å². The number of rotatable bonds is 2. The van der Waals surface area contributed by atoms with E-state index in [1.165, 1.54) is 5.69 Å². The minimum atomic E-state index is 0.00521. The quantitative estimate of drug-likeness (QED) is 0.683. The van der Waals surface area contributed by atoms with Gasteiger partial charge in [-0.2, -0.15) is 0 Å². The molecule has 0 saturated heterocycles. The minimum absolute atomic E-state index is 0.00521. The van der Waals surface area contributed by atoms with Crippen molar-refractivity contribution in [1.29, 1.82) is 0 Å². The molecule has 0 aromatic carbocycles. The molecule has 1 aromatic heterocycles. The molecule has 0 unspecified atom stereocenters. The molecule has 1 N–H and O–H groups in total. The normalized spacial score (nSPS) is 12.0. The lowest BCUT2D eigenvalue weighted by atomic mass is 10.0. The third-order valence-corrected chi connectivity index (χ3v) is 2.08. The molecule has 0 aliphatic carbocycles. The minimum Gasteiger partial charge on any atom is -0.336 e. The standard InChI is InChI=1S/C8H15N3/c1-8(2,9-3)7-5-10-6-11(7)4/h5-6,9H,1-4H3. The van der Waals surface area contributed by atoms with Gasteiger partial charge in [-0.25, -0.2) is 4.98 Å². The Labute approximate surface area is 67.4 Å². The lowest BCUT2D eigenvalue weighted by Crippen LogP contribution is -2.34. The van der Waals surface area contributed by atoms with E-state index in [0.717, 1.165) is 0 Å². The monoisotopic (exact) mass is 153 g/mol. The Morgan fingerprint density at radius 3 is 2.55 bits per heavy atom. The van der Waals surface area contributed by atoms with Crippen LogP contribution >= 0.6 is 0 Å². The van der Waals surface area contributed by atoms with Crippen molar-refractivity contribution < 1.29 is 0 Å². The van der Waals surface area contributed by atoms with E-state index in [2.05, 4.69) is 24.1 Å². The zero-order valence-corrected chi connectivity index (χ0v) is 7.55. The molecular formula is C8H15N3. The summed E-state index contributed by atoms with van der Waals surface area (Å²) in [6.45, 7) is 4.26. The number of hydrogen-bond acceptors (Lipinski definition) is 2. The summed E-state index contributed by atoms with van der Waals surface area (Å²) in [4.78, 5) is 4.06. The highest BCUT2D eigenvalue weighted by atomic mass is 15.1. The molecule has 0 saturated carbocycles.